The normalized spacial score (nSPS) is 16.4. The van der Waals surface area contributed by atoms with E-state index in [-0.39, 0.29) is 12.6 Å². The van der Waals surface area contributed by atoms with E-state index in [4.69, 9.17) is 4.74 Å². The van der Waals surface area contributed by atoms with Gasteiger partial charge in [-0.15, -0.1) is 11.3 Å². The Balaban J connectivity index is 1.38. The SMILES string of the molecule is Cc1ncc(CN2CCC(Oc3cccc4c3ccn4CC(F)F)CC2)s1. The van der Waals surface area contributed by atoms with Crippen LogP contribution in [0, 0.1) is 6.92 Å². The minimum absolute atomic E-state index is 0.161. The summed E-state index contributed by atoms with van der Waals surface area (Å²) in [4.78, 5) is 8.06. The lowest BCUT2D eigenvalue weighted by molar-refractivity contribution is 0.0985. The van der Waals surface area contributed by atoms with Crippen LogP contribution in [0.5, 0.6) is 5.75 Å². The summed E-state index contributed by atoms with van der Waals surface area (Å²) in [6.07, 6.45) is 3.40. The highest BCUT2D eigenvalue weighted by atomic mass is 32.1. The van der Waals surface area contributed by atoms with E-state index in [9.17, 15) is 8.78 Å². The van der Waals surface area contributed by atoms with Crippen molar-refractivity contribution in [1.82, 2.24) is 14.5 Å². The molecule has 0 bridgehead atoms. The van der Waals surface area contributed by atoms with Crippen molar-refractivity contribution in [2.45, 2.75) is 45.4 Å². The van der Waals surface area contributed by atoms with E-state index in [1.165, 1.54) is 4.88 Å². The van der Waals surface area contributed by atoms with Gasteiger partial charge in [0.2, 0.25) is 0 Å². The summed E-state index contributed by atoms with van der Waals surface area (Å²) >= 11 is 1.75. The molecule has 1 aliphatic rings. The topological polar surface area (TPSA) is 30.3 Å². The Morgan fingerprint density at radius 3 is 2.78 bits per heavy atom. The molecule has 3 heterocycles. The number of hydrogen-bond acceptors (Lipinski definition) is 4. The van der Waals surface area contributed by atoms with Crippen molar-refractivity contribution in [3.63, 3.8) is 0 Å². The third-order valence-corrected chi connectivity index (χ3v) is 5.88. The number of rotatable bonds is 6. The number of aryl methyl sites for hydroxylation is 1. The van der Waals surface area contributed by atoms with Gasteiger partial charge in [0.15, 0.2) is 0 Å². The Morgan fingerprint density at radius 2 is 2.07 bits per heavy atom. The zero-order chi connectivity index (χ0) is 18.8. The third-order valence-electron chi connectivity index (χ3n) is 4.99. The molecule has 1 aliphatic heterocycles. The molecule has 27 heavy (non-hydrogen) atoms. The predicted octanol–water partition coefficient (Wildman–Crippen LogP) is 4.71. The number of ether oxygens (including phenoxy) is 1. The van der Waals surface area contributed by atoms with Crippen LogP contribution in [-0.2, 0) is 13.1 Å². The van der Waals surface area contributed by atoms with Gasteiger partial charge in [-0.05, 0) is 38.0 Å². The Morgan fingerprint density at radius 1 is 1.26 bits per heavy atom. The second-order valence-corrected chi connectivity index (χ2v) is 8.31. The lowest BCUT2D eigenvalue weighted by Crippen LogP contribution is -2.37. The number of nitrogens with zero attached hydrogens (tertiary/aromatic N) is 3. The number of fused-ring (bicyclic) bond motifs is 1. The summed E-state index contributed by atoms with van der Waals surface area (Å²) in [6, 6.07) is 7.54. The Bertz CT molecular complexity index is 900. The number of benzene rings is 1. The lowest BCUT2D eigenvalue weighted by atomic mass is 10.1. The van der Waals surface area contributed by atoms with Crippen LogP contribution >= 0.6 is 11.3 Å². The van der Waals surface area contributed by atoms with Crippen LogP contribution in [0.2, 0.25) is 0 Å². The molecule has 1 aromatic carbocycles. The number of halogens is 2. The van der Waals surface area contributed by atoms with E-state index >= 15 is 0 Å². The number of likely N-dealkylation sites (tertiary alicyclic amines) is 1. The van der Waals surface area contributed by atoms with Gasteiger partial charge in [0.05, 0.1) is 17.1 Å². The molecule has 0 spiro atoms. The van der Waals surface area contributed by atoms with Crippen LogP contribution in [0.1, 0.15) is 22.7 Å². The first-order chi connectivity index (χ1) is 13.1. The molecule has 0 N–H and O–H groups in total. The van der Waals surface area contributed by atoms with Gasteiger partial charge in [-0.3, -0.25) is 4.90 Å². The summed E-state index contributed by atoms with van der Waals surface area (Å²) in [6.45, 7) is 4.67. The van der Waals surface area contributed by atoms with E-state index in [1.54, 1.807) is 22.1 Å². The average Bonchev–Trinajstić information content (AvgIpc) is 3.23. The van der Waals surface area contributed by atoms with E-state index in [2.05, 4.69) is 9.88 Å². The van der Waals surface area contributed by atoms with E-state index < -0.39 is 6.43 Å². The van der Waals surface area contributed by atoms with E-state index in [0.717, 1.165) is 54.1 Å². The fourth-order valence-corrected chi connectivity index (χ4v) is 4.51. The Labute approximate surface area is 161 Å². The first-order valence-corrected chi connectivity index (χ1v) is 10.1. The highest BCUT2D eigenvalue weighted by molar-refractivity contribution is 7.11. The molecule has 0 atom stereocenters. The number of aromatic nitrogens is 2. The fraction of sp³-hybridized carbons (Fsp3) is 0.450. The smallest absolute Gasteiger partial charge is 0.256 e. The fourth-order valence-electron chi connectivity index (χ4n) is 3.67. The van der Waals surface area contributed by atoms with Crippen molar-refractivity contribution in [2.24, 2.45) is 0 Å². The Hall–Kier alpha value is -1.99. The molecule has 4 nitrogen and oxygen atoms in total. The molecule has 144 valence electrons. The van der Waals surface area contributed by atoms with Gasteiger partial charge in [0.1, 0.15) is 11.9 Å². The lowest BCUT2D eigenvalue weighted by Gasteiger charge is -2.31. The van der Waals surface area contributed by atoms with Crippen molar-refractivity contribution in [2.75, 3.05) is 13.1 Å². The van der Waals surface area contributed by atoms with Gasteiger partial charge >= 0.3 is 0 Å². The summed E-state index contributed by atoms with van der Waals surface area (Å²) in [5.41, 5.74) is 0.797. The minimum Gasteiger partial charge on any atom is -0.490 e. The summed E-state index contributed by atoms with van der Waals surface area (Å²) in [7, 11) is 0. The van der Waals surface area contributed by atoms with Gasteiger partial charge in [0.25, 0.3) is 6.43 Å². The van der Waals surface area contributed by atoms with Crippen LogP contribution in [0.15, 0.2) is 36.7 Å². The van der Waals surface area contributed by atoms with E-state index in [1.807, 2.05) is 37.4 Å². The minimum atomic E-state index is -2.36. The highest BCUT2D eigenvalue weighted by Crippen LogP contribution is 2.30. The predicted molar refractivity (Wildman–Crippen MR) is 104 cm³/mol. The van der Waals surface area contributed by atoms with Gasteiger partial charge < -0.3 is 9.30 Å². The summed E-state index contributed by atoms with van der Waals surface area (Å²) in [5, 5.41) is 2.01. The standard InChI is InChI=1S/C20H23F2N3OS/c1-14-23-11-16(27-14)12-24-8-5-15(6-9-24)26-19-4-2-3-18-17(19)7-10-25(18)13-20(21)22/h2-4,7,10-11,15,20H,5-6,8-9,12-13H2,1H3. The molecule has 2 aromatic heterocycles. The van der Waals surface area contributed by atoms with Gasteiger partial charge in [0, 0.05) is 42.3 Å². The number of alkyl halides is 2. The van der Waals surface area contributed by atoms with Crippen molar-refractivity contribution in [3.8, 4) is 5.75 Å². The highest BCUT2D eigenvalue weighted by Gasteiger charge is 2.22. The monoisotopic (exact) mass is 391 g/mol. The first-order valence-electron chi connectivity index (χ1n) is 9.25. The number of thiazole rings is 1. The maximum absolute atomic E-state index is 12.7. The third kappa shape index (κ3) is 4.30. The number of piperidine rings is 1. The average molecular weight is 391 g/mol. The molecule has 3 aromatic rings. The van der Waals surface area contributed by atoms with Crippen LogP contribution in [-0.4, -0.2) is 40.1 Å². The zero-order valence-corrected chi connectivity index (χ0v) is 16.1. The summed E-state index contributed by atoms with van der Waals surface area (Å²) in [5.74, 6) is 0.789. The molecule has 7 heteroatoms. The molecule has 1 fully saturated rings. The van der Waals surface area contributed by atoms with Gasteiger partial charge in [-0.25, -0.2) is 13.8 Å². The summed E-state index contributed by atoms with van der Waals surface area (Å²) < 4.78 is 33.3. The van der Waals surface area contributed by atoms with Crippen molar-refractivity contribution in [3.05, 3.63) is 46.5 Å². The van der Waals surface area contributed by atoms with Crippen molar-refractivity contribution >= 4 is 22.2 Å². The molecule has 0 radical (unpaired) electrons. The molecular formula is C20H23F2N3OS. The molecule has 0 unspecified atom stereocenters. The second kappa shape index (κ2) is 7.94. The molecule has 4 rings (SSSR count). The quantitative estimate of drug-likeness (QED) is 0.609. The first kappa shape index (κ1) is 18.4. The molecule has 0 amide bonds. The number of hydrogen-bond donors (Lipinski definition) is 0. The maximum Gasteiger partial charge on any atom is 0.256 e. The van der Waals surface area contributed by atoms with Gasteiger partial charge in [-0.1, -0.05) is 6.07 Å². The van der Waals surface area contributed by atoms with Crippen LogP contribution < -0.4 is 4.74 Å². The van der Waals surface area contributed by atoms with Crippen LogP contribution in [0.3, 0.4) is 0 Å². The molecule has 0 saturated carbocycles. The van der Waals surface area contributed by atoms with Crippen LogP contribution in [0.25, 0.3) is 10.9 Å². The second-order valence-electron chi connectivity index (χ2n) is 6.99. The Kier molecular flexibility index (Phi) is 5.41. The van der Waals surface area contributed by atoms with Crippen molar-refractivity contribution < 1.29 is 13.5 Å². The molecular weight excluding hydrogens is 368 g/mol. The molecule has 0 aliphatic carbocycles. The van der Waals surface area contributed by atoms with Gasteiger partial charge in [-0.2, -0.15) is 0 Å². The van der Waals surface area contributed by atoms with Crippen LogP contribution in [0.4, 0.5) is 8.78 Å². The zero-order valence-electron chi connectivity index (χ0n) is 15.3. The van der Waals surface area contributed by atoms with Crippen molar-refractivity contribution in [1.29, 1.82) is 0 Å². The molecule has 1 saturated heterocycles. The largest absolute Gasteiger partial charge is 0.490 e. The van der Waals surface area contributed by atoms with E-state index in [0.29, 0.717) is 0 Å². The maximum atomic E-state index is 12.7.